The Morgan fingerprint density at radius 2 is 1.92 bits per heavy atom. The molecular weight excluding hydrogens is 247 g/mol. The first-order valence-corrected chi connectivity index (χ1v) is 4.92. The summed E-state index contributed by atoms with van der Waals surface area (Å²) >= 11 is 3.10. The first kappa shape index (κ1) is 16.1. The molecule has 0 radical (unpaired) electrons. The Labute approximate surface area is 109 Å². The van der Waals surface area contributed by atoms with Crippen LogP contribution in [0.15, 0.2) is 0 Å². The van der Waals surface area contributed by atoms with Gasteiger partial charge in [0.05, 0.1) is 0 Å². The van der Waals surface area contributed by atoms with E-state index in [0.29, 0.717) is 19.3 Å². The van der Waals surface area contributed by atoms with E-state index in [4.69, 9.17) is 0 Å². The van der Waals surface area contributed by atoms with Gasteiger partial charge in [0.2, 0.25) is 0 Å². The number of halogens is 1. The van der Waals surface area contributed by atoms with E-state index >= 15 is 0 Å². The zero-order valence-corrected chi connectivity index (χ0v) is 8.89. The van der Waals surface area contributed by atoms with Gasteiger partial charge in [0, 0.05) is 6.42 Å². The maximum absolute atomic E-state index is 11.0. The van der Waals surface area contributed by atoms with Crippen LogP contribution in [0.4, 0.5) is 0 Å². The normalized spacial score (nSPS) is 11.3. The molecule has 0 amide bonds. The van der Waals surface area contributed by atoms with Gasteiger partial charge < -0.3 is 4.74 Å². The average molecular weight is 261 g/mol. The fraction of sp³-hybridized carbons (Fsp3) is 0.750. The molecule has 0 aliphatic carbocycles. The molecule has 0 saturated carbocycles. The fourth-order valence-electron chi connectivity index (χ4n) is 0.598. The second-order valence-electron chi connectivity index (χ2n) is 2.42. The monoisotopic (exact) mass is 260 g/mol. The van der Waals surface area contributed by atoms with Gasteiger partial charge in [0.25, 0.3) is 0 Å². The number of esters is 2. The van der Waals surface area contributed by atoms with E-state index in [0.717, 1.165) is 0 Å². The molecule has 0 fully saturated rings. The Morgan fingerprint density at radius 3 is 2.31 bits per heavy atom. The van der Waals surface area contributed by atoms with Crippen LogP contribution >= 0.6 is 15.9 Å². The minimum absolute atomic E-state index is 0. The second-order valence-corrected chi connectivity index (χ2v) is 3.52. The van der Waals surface area contributed by atoms with Gasteiger partial charge in [-0.1, -0.05) is 29.8 Å². The van der Waals surface area contributed by atoms with Crippen LogP contribution < -0.4 is 0 Å². The first-order chi connectivity index (χ1) is 5.61. The molecule has 0 aromatic heterocycles. The maximum atomic E-state index is 11.0. The summed E-state index contributed by atoms with van der Waals surface area (Å²) in [6.45, 7) is 3.70. The molecule has 0 heterocycles. The predicted octanol–water partition coefficient (Wildman–Crippen LogP) is 1.38. The zero-order chi connectivity index (χ0) is 9.56. The summed E-state index contributed by atoms with van der Waals surface area (Å²) in [5, 5.41) is 0. The number of hydrogen-bond acceptors (Lipinski definition) is 3. The quantitative estimate of drug-likeness (QED) is 0.332. The summed E-state index contributed by atoms with van der Waals surface area (Å²) in [5.41, 5.74) is 0. The Balaban J connectivity index is 0. The summed E-state index contributed by atoms with van der Waals surface area (Å²) < 4.78 is 4.52. The van der Waals surface area contributed by atoms with E-state index in [1.807, 2.05) is 13.8 Å². The Kier molecular flexibility index (Phi) is 11.4. The summed E-state index contributed by atoms with van der Waals surface area (Å²) in [7, 11) is 0. The summed E-state index contributed by atoms with van der Waals surface area (Å²) in [5.74, 6) is -0.934. The van der Waals surface area contributed by atoms with Gasteiger partial charge in [-0.2, -0.15) is 0 Å². The van der Waals surface area contributed by atoms with Crippen molar-refractivity contribution in [1.29, 1.82) is 0 Å². The van der Waals surface area contributed by atoms with Crippen LogP contribution in [-0.2, 0) is 14.3 Å². The van der Waals surface area contributed by atoms with Crippen LogP contribution in [0, 0.1) is 0 Å². The Hall–Kier alpha value is 0.620. The van der Waals surface area contributed by atoms with Crippen molar-refractivity contribution in [2.24, 2.45) is 0 Å². The first-order valence-electron chi connectivity index (χ1n) is 4.00. The van der Waals surface area contributed by atoms with E-state index in [-0.39, 0.29) is 34.4 Å². The fourth-order valence-corrected chi connectivity index (χ4v) is 0.691. The van der Waals surface area contributed by atoms with Crippen molar-refractivity contribution in [1.82, 2.24) is 0 Å². The van der Waals surface area contributed by atoms with E-state index in [2.05, 4.69) is 20.7 Å². The third-order valence-corrected chi connectivity index (χ3v) is 2.30. The molecule has 3 nitrogen and oxygen atoms in total. The predicted molar refractivity (Wildman–Crippen MR) is 56.2 cm³/mol. The van der Waals surface area contributed by atoms with E-state index in [1.165, 1.54) is 0 Å². The van der Waals surface area contributed by atoms with E-state index in [1.54, 1.807) is 0 Å². The van der Waals surface area contributed by atoms with Gasteiger partial charge in [-0.25, -0.2) is 0 Å². The Morgan fingerprint density at radius 1 is 1.38 bits per heavy atom. The van der Waals surface area contributed by atoms with Crippen LogP contribution in [0.25, 0.3) is 0 Å². The van der Waals surface area contributed by atoms with Crippen molar-refractivity contribution in [2.75, 3.05) is 0 Å². The average Bonchev–Trinajstić information content (AvgIpc) is 2.03. The van der Waals surface area contributed by atoms with Gasteiger partial charge in [-0.3, -0.25) is 9.59 Å². The molecule has 0 bridgehead atoms. The van der Waals surface area contributed by atoms with E-state index in [9.17, 15) is 9.59 Å². The molecule has 5 heteroatoms. The number of alkyl halides is 1. The molecule has 0 aromatic carbocycles. The molecular formula is C8H14BrNaO3. The van der Waals surface area contributed by atoms with Gasteiger partial charge in [0.1, 0.15) is 4.83 Å². The molecule has 0 aromatic rings. The number of rotatable bonds is 4. The van der Waals surface area contributed by atoms with Gasteiger partial charge in [0.15, 0.2) is 0 Å². The van der Waals surface area contributed by atoms with Crippen molar-refractivity contribution in [3.8, 4) is 0 Å². The molecule has 0 spiro atoms. The SMILES string of the molecule is CCCC(=O)OC(=O)C(Br)CC.[NaH]. The molecule has 0 saturated heterocycles. The number of ether oxygens (including phenoxy) is 1. The third-order valence-electron chi connectivity index (χ3n) is 1.28. The van der Waals surface area contributed by atoms with Crippen LogP contribution in [0.2, 0.25) is 0 Å². The topological polar surface area (TPSA) is 43.4 Å². The minimum atomic E-state index is -0.490. The molecule has 0 aliphatic rings. The van der Waals surface area contributed by atoms with Crippen LogP contribution in [0.5, 0.6) is 0 Å². The van der Waals surface area contributed by atoms with Crippen molar-refractivity contribution >= 4 is 57.4 Å². The summed E-state index contributed by atoms with van der Waals surface area (Å²) in [4.78, 5) is 21.4. The third kappa shape index (κ3) is 7.67. The van der Waals surface area contributed by atoms with Gasteiger partial charge in [-0.15, -0.1) is 0 Å². The molecule has 0 N–H and O–H groups in total. The van der Waals surface area contributed by atoms with Crippen LogP contribution in [0.3, 0.4) is 0 Å². The molecule has 1 unspecified atom stereocenters. The number of hydrogen-bond donors (Lipinski definition) is 0. The molecule has 0 rings (SSSR count). The summed E-state index contributed by atoms with van der Waals surface area (Å²) in [6.07, 6.45) is 1.62. The molecule has 0 aliphatic heterocycles. The number of carbonyl (C=O) groups is 2. The number of carbonyl (C=O) groups excluding carboxylic acids is 2. The van der Waals surface area contributed by atoms with E-state index < -0.39 is 11.9 Å². The van der Waals surface area contributed by atoms with Gasteiger partial charge in [-0.05, 0) is 12.8 Å². The van der Waals surface area contributed by atoms with Crippen molar-refractivity contribution < 1.29 is 14.3 Å². The molecule has 1 atom stereocenters. The van der Waals surface area contributed by atoms with Crippen molar-refractivity contribution in [3.05, 3.63) is 0 Å². The summed E-state index contributed by atoms with van der Waals surface area (Å²) in [6, 6.07) is 0. The Bertz CT molecular complexity index is 173. The molecule has 72 valence electrons. The molecule has 13 heavy (non-hydrogen) atoms. The standard InChI is InChI=1S/C8H13BrO3.Na.H/c1-3-5-7(10)12-8(11)6(9)4-2;;/h6H,3-5H2,1-2H3;;. The van der Waals surface area contributed by atoms with Crippen LogP contribution in [-0.4, -0.2) is 46.3 Å². The van der Waals surface area contributed by atoms with Crippen molar-refractivity contribution in [3.63, 3.8) is 0 Å². The second kappa shape index (κ2) is 9.19. The zero-order valence-electron chi connectivity index (χ0n) is 7.30. The van der Waals surface area contributed by atoms with Crippen molar-refractivity contribution in [2.45, 2.75) is 37.9 Å². The van der Waals surface area contributed by atoms with Crippen LogP contribution in [0.1, 0.15) is 33.1 Å². The van der Waals surface area contributed by atoms with Gasteiger partial charge >= 0.3 is 41.5 Å².